The van der Waals surface area contributed by atoms with Gasteiger partial charge in [0, 0.05) is 33.3 Å². The number of aromatic nitrogens is 2. The number of hydrogen-bond acceptors (Lipinski definition) is 4. The molecule has 3 aromatic carbocycles. The van der Waals surface area contributed by atoms with E-state index in [9.17, 15) is 10.1 Å². The van der Waals surface area contributed by atoms with E-state index < -0.39 is 11.2 Å². The van der Waals surface area contributed by atoms with Crippen LogP contribution in [0.4, 0.5) is 5.69 Å². The monoisotopic (exact) mass is 447 g/mol. The summed E-state index contributed by atoms with van der Waals surface area (Å²) in [5.41, 5.74) is 4.31. The molecule has 0 spiro atoms. The third-order valence-corrected chi connectivity index (χ3v) is 5.39. The number of hydrogen-bond donors (Lipinski definition) is 0. The molecule has 0 unspecified atom stereocenters. The van der Waals surface area contributed by atoms with Crippen LogP contribution in [0.2, 0.25) is 0 Å². The van der Waals surface area contributed by atoms with Gasteiger partial charge >= 0.3 is 0 Å². The summed E-state index contributed by atoms with van der Waals surface area (Å²) in [5.74, 6) is 0.721. The van der Waals surface area contributed by atoms with Crippen molar-refractivity contribution in [2.45, 2.75) is 6.23 Å². The van der Waals surface area contributed by atoms with Crippen LogP contribution in [-0.2, 0) is 0 Å². The molecule has 0 bridgehead atoms. The Kier molecular flexibility index (Phi) is 4.17. The number of rotatable bonds is 3. The van der Waals surface area contributed by atoms with E-state index in [0.717, 1.165) is 32.7 Å². The normalized spacial score (nSPS) is 14.6. The van der Waals surface area contributed by atoms with Crippen molar-refractivity contribution in [3.05, 3.63) is 99.0 Å². The fourth-order valence-corrected chi connectivity index (χ4v) is 3.75. The molecule has 142 valence electrons. The summed E-state index contributed by atoms with van der Waals surface area (Å²) in [6.07, 6.45) is -0.594. The van der Waals surface area contributed by atoms with Crippen molar-refractivity contribution in [2.24, 2.45) is 0 Å². The van der Waals surface area contributed by atoms with Crippen molar-refractivity contribution in [3.8, 4) is 28.3 Å². The molecule has 0 saturated heterocycles. The lowest BCUT2D eigenvalue weighted by Crippen LogP contribution is -2.23. The molecule has 5 rings (SSSR count). The Morgan fingerprint density at radius 1 is 1.00 bits per heavy atom. The van der Waals surface area contributed by atoms with E-state index in [0.29, 0.717) is 5.56 Å². The van der Waals surface area contributed by atoms with Crippen molar-refractivity contribution in [1.82, 2.24) is 9.78 Å². The summed E-state index contributed by atoms with van der Waals surface area (Å²) in [6, 6.07) is 24.2. The number of ether oxygens (including phenoxy) is 1. The van der Waals surface area contributed by atoms with Crippen LogP contribution in [0.25, 0.3) is 22.5 Å². The van der Waals surface area contributed by atoms with E-state index in [1.165, 1.54) is 12.1 Å². The molecule has 29 heavy (non-hydrogen) atoms. The molecule has 7 heteroatoms. The van der Waals surface area contributed by atoms with Crippen molar-refractivity contribution in [1.29, 1.82) is 0 Å². The molecule has 6 nitrogen and oxygen atoms in total. The number of nitro benzene ring substituents is 1. The zero-order valence-electron chi connectivity index (χ0n) is 15.0. The lowest BCUT2D eigenvalue weighted by molar-refractivity contribution is -0.385. The largest absolute Gasteiger partial charge is 0.464 e. The van der Waals surface area contributed by atoms with Gasteiger partial charge < -0.3 is 4.74 Å². The molecule has 1 aliphatic heterocycles. The summed E-state index contributed by atoms with van der Waals surface area (Å²) in [5, 5.41) is 16.0. The molecule has 1 atom stereocenters. The van der Waals surface area contributed by atoms with Gasteiger partial charge in [0.2, 0.25) is 6.23 Å². The fraction of sp³-hybridized carbons (Fsp3) is 0.0455. The van der Waals surface area contributed by atoms with Crippen LogP contribution in [0.3, 0.4) is 0 Å². The lowest BCUT2D eigenvalue weighted by Gasteiger charge is -2.27. The summed E-state index contributed by atoms with van der Waals surface area (Å²) in [6.45, 7) is 0. The third-order valence-electron chi connectivity index (χ3n) is 4.87. The second kappa shape index (κ2) is 6.86. The van der Waals surface area contributed by atoms with Crippen LogP contribution in [-0.4, -0.2) is 14.7 Å². The van der Waals surface area contributed by atoms with Crippen LogP contribution in [0.15, 0.2) is 83.3 Å². The lowest BCUT2D eigenvalue weighted by atomic mass is 10.1. The molecule has 0 aliphatic carbocycles. The number of nitrogens with zero attached hydrogens (tertiary/aromatic N) is 3. The second-order valence-corrected chi connectivity index (χ2v) is 7.60. The van der Waals surface area contributed by atoms with Gasteiger partial charge in [-0.15, -0.1) is 0 Å². The summed E-state index contributed by atoms with van der Waals surface area (Å²) < 4.78 is 9.00. The van der Waals surface area contributed by atoms with E-state index in [1.54, 1.807) is 10.7 Å². The standard InChI is InChI=1S/C22H14BrN3O3/c23-16-10-8-14(9-11-16)19-13-20-18-6-1-2-7-21(18)29-22(25(20)24-19)15-4-3-5-17(12-15)26(27)28/h1-13,22H/t22-/m1/s1. The van der Waals surface area contributed by atoms with E-state index in [4.69, 9.17) is 9.84 Å². The first-order valence-corrected chi connectivity index (χ1v) is 9.75. The summed E-state index contributed by atoms with van der Waals surface area (Å²) >= 11 is 3.45. The first-order valence-electron chi connectivity index (χ1n) is 8.96. The van der Waals surface area contributed by atoms with Crippen LogP contribution in [0, 0.1) is 10.1 Å². The van der Waals surface area contributed by atoms with Gasteiger partial charge in [-0.05, 0) is 30.3 Å². The van der Waals surface area contributed by atoms with E-state index >= 15 is 0 Å². The Labute approximate surface area is 174 Å². The summed E-state index contributed by atoms with van der Waals surface area (Å²) in [4.78, 5) is 10.8. The molecule has 1 aromatic heterocycles. The Hall–Kier alpha value is -3.45. The number of non-ortho nitro benzene ring substituents is 1. The highest BCUT2D eigenvalue weighted by Crippen LogP contribution is 2.42. The Balaban J connectivity index is 1.68. The highest BCUT2D eigenvalue weighted by Gasteiger charge is 2.29. The van der Waals surface area contributed by atoms with Crippen molar-refractivity contribution in [3.63, 3.8) is 0 Å². The highest BCUT2D eigenvalue weighted by atomic mass is 79.9. The maximum atomic E-state index is 11.2. The van der Waals surface area contributed by atoms with Gasteiger partial charge in [-0.2, -0.15) is 5.10 Å². The minimum absolute atomic E-state index is 0.0202. The molecule has 0 radical (unpaired) electrons. The SMILES string of the molecule is O=[N+]([O-])c1cccc([C@H]2Oc3ccccc3-c3cc(-c4ccc(Br)cc4)nn32)c1. The van der Waals surface area contributed by atoms with Crippen LogP contribution in [0.5, 0.6) is 5.75 Å². The van der Waals surface area contributed by atoms with Gasteiger partial charge in [-0.3, -0.25) is 10.1 Å². The molecule has 0 amide bonds. The van der Waals surface area contributed by atoms with Gasteiger partial charge in [-0.1, -0.05) is 52.3 Å². The van der Waals surface area contributed by atoms with Crippen molar-refractivity contribution in [2.75, 3.05) is 0 Å². The predicted molar refractivity (Wildman–Crippen MR) is 113 cm³/mol. The van der Waals surface area contributed by atoms with Gasteiger partial charge in [0.15, 0.2) is 0 Å². The Morgan fingerprint density at radius 2 is 1.79 bits per heavy atom. The molecule has 4 aromatic rings. The number of nitro groups is 1. The molecular weight excluding hydrogens is 434 g/mol. The molecule has 1 aliphatic rings. The minimum Gasteiger partial charge on any atom is -0.464 e. The second-order valence-electron chi connectivity index (χ2n) is 6.68. The van der Waals surface area contributed by atoms with Crippen LogP contribution >= 0.6 is 15.9 Å². The van der Waals surface area contributed by atoms with Gasteiger partial charge in [0.1, 0.15) is 5.75 Å². The fourth-order valence-electron chi connectivity index (χ4n) is 3.49. The maximum absolute atomic E-state index is 11.2. The molecule has 2 heterocycles. The average molecular weight is 448 g/mol. The number of para-hydroxylation sites is 1. The van der Waals surface area contributed by atoms with Crippen molar-refractivity contribution >= 4 is 21.6 Å². The van der Waals surface area contributed by atoms with E-state index in [-0.39, 0.29) is 5.69 Å². The molecule has 0 N–H and O–H groups in total. The van der Waals surface area contributed by atoms with Crippen molar-refractivity contribution < 1.29 is 9.66 Å². The minimum atomic E-state index is -0.594. The molecule has 0 fully saturated rings. The van der Waals surface area contributed by atoms with Crippen LogP contribution in [0.1, 0.15) is 11.8 Å². The quantitative estimate of drug-likeness (QED) is 0.292. The van der Waals surface area contributed by atoms with Gasteiger partial charge in [0.05, 0.1) is 16.3 Å². The van der Waals surface area contributed by atoms with Gasteiger partial charge in [0.25, 0.3) is 5.69 Å². The number of benzene rings is 3. The molecule has 0 saturated carbocycles. The van der Waals surface area contributed by atoms with E-state index in [2.05, 4.69) is 15.9 Å². The van der Waals surface area contributed by atoms with Crippen LogP contribution < -0.4 is 4.74 Å². The molecular formula is C22H14BrN3O3. The predicted octanol–water partition coefficient (Wildman–Crippen LogP) is 5.83. The zero-order valence-corrected chi connectivity index (χ0v) is 16.6. The first kappa shape index (κ1) is 17.6. The maximum Gasteiger partial charge on any atom is 0.269 e. The topological polar surface area (TPSA) is 70.2 Å². The number of fused-ring (bicyclic) bond motifs is 3. The Morgan fingerprint density at radius 3 is 2.59 bits per heavy atom. The van der Waals surface area contributed by atoms with Gasteiger partial charge in [-0.25, -0.2) is 4.68 Å². The number of halogens is 1. The third kappa shape index (κ3) is 3.09. The van der Waals surface area contributed by atoms with E-state index in [1.807, 2.05) is 60.7 Å². The average Bonchev–Trinajstić information content (AvgIpc) is 3.19. The highest BCUT2D eigenvalue weighted by molar-refractivity contribution is 9.10. The smallest absolute Gasteiger partial charge is 0.269 e. The first-order chi connectivity index (χ1) is 14.1. The zero-order chi connectivity index (χ0) is 20.0. The summed E-state index contributed by atoms with van der Waals surface area (Å²) in [7, 11) is 0. The Bertz CT molecular complexity index is 1230.